The molecule has 10 heteroatoms. The molecule has 3 aromatic carbocycles. The number of amides is 1. The molecule has 0 saturated heterocycles. The van der Waals surface area contributed by atoms with E-state index >= 15 is 0 Å². The van der Waals surface area contributed by atoms with E-state index in [4.69, 9.17) is 23.7 Å². The summed E-state index contributed by atoms with van der Waals surface area (Å²) < 4.78 is 27.4. The maximum Gasteiger partial charge on any atom is 0.326 e. The summed E-state index contributed by atoms with van der Waals surface area (Å²) in [5.74, 6) is -0.173. The number of allylic oxidation sites excluding steroid dienone is 1. The zero-order valence-electron chi connectivity index (χ0n) is 21.6. The van der Waals surface area contributed by atoms with Crippen molar-refractivity contribution in [1.29, 1.82) is 0 Å². The van der Waals surface area contributed by atoms with Crippen molar-refractivity contribution < 1.29 is 43.2 Å². The molecule has 0 radical (unpaired) electrons. The number of carbonyl (C=O) groups is 3. The Hall–Kier alpha value is -4.99. The van der Waals surface area contributed by atoms with Crippen LogP contribution in [0, 0.1) is 0 Å². The van der Waals surface area contributed by atoms with Crippen molar-refractivity contribution in [1.82, 2.24) is 5.32 Å². The largest absolute Gasteiger partial charge is 0.493 e. The zero-order valence-corrected chi connectivity index (χ0v) is 21.6. The van der Waals surface area contributed by atoms with Crippen molar-refractivity contribution in [3.63, 3.8) is 0 Å². The number of rotatable bonds is 11. The van der Waals surface area contributed by atoms with Crippen LogP contribution >= 0.6 is 0 Å². The van der Waals surface area contributed by atoms with Crippen LogP contribution in [-0.4, -0.2) is 56.7 Å². The predicted octanol–water partition coefficient (Wildman–Crippen LogP) is 3.52. The lowest BCUT2D eigenvalue weighted by atomic mass is 10.1. The molecule has 1 atom stereocenters. The highest BCUT2D eigenvalue weighted by molar-refractivity contribution is 6.14. The van der Waals surface area contributed by atoms with Crippen molar-refractivity contribution in [2.45, 2.75) is 12.5 Å². The van der Waals surface area contributed by atoms with E-state index in [1.165, 1.54) is 39.5 Å². The van der Waals surface area contributed by atoms with Crippen LogP contribution in [0.2, 0.25) is 0 Å². The molecule has 0 aliphatic carbocycles. The van der Waals surface area contributed by atoms with Crippen molar-refractivity contribution in [2.75, 3.05) is 27.9 Å². The summed E-state index contributed by atoms with van der Waals surface area (Å²) in [5.41, 5.74) is 1.71. The number of hydrogen-bond donors (Lipinski definition) is 2. The molecule has 1 amide bonds. The maximum atomic E-state index is 12.9. The van der Waals surface area contributed by atoms with Crippen LogP contribution in [0.3, 0.4) is 0 Å². The second kappa shape index (κ2) is 12.0. The number of Topliss-reactive ketones (excluding diaryl/α,β-unsaturated/α-hetero) is 1. The minimum atomic E-state index is -1.15. The fraction of sp³-hybridized carbons (Fsp3) is 0.207. The lowest BCUT2D eigenvalue weighted by molar-refractivity contribution is -0.142. The number of nitrogens with one attached hydrogen (secondary N) is 1. The van der Waals surface area contributed by atoms with Gasteiger partial charge in [-0.15, -0.1) is 0 Å². The Labute approximate surface area is 224 Å². The molecular weight excluding hydrogens is 506 g/mol. The molecule has 1 aliphatic rings. The number of aliphatic carboxylic acids is 1. The molecule has 10 nitrogen and oxygen atoms in total. The molecule has 0 spiro atoms. The number of hydrogen-bond acceptors (Lipinski definition) is 8. The van der Waals surface area contributed by atoms with E-state index in [-0.39, 0.29) is 29.5 Å². The lowest BCUT2D eigenvalue weighted by Crippen LogP contribution is -2.44. The number of methoxy groups -OCH3 is 3. The highest BCUT2D eigenvalue weighted by atomic mass is 16.5. The molecule has 4 rings (SSSR count). The molecule has 0 saturated carbocycles. The number of ketones is 1. The van der Waals surface area contributed by atoms with Gasteiger partial charge in [0.2, 0.25) is 11.5 Å². The van der Waals surface area contributed by atoms with Crippen LogP contribution in [0.4, 0.5) is 0 Å². The normalized spacial score (nSPS) is 13.7. The summed E-state index contributed by atoms with van der Waals surface area (Å²) in [7, 11) is 4.49. The molecule has 3 aromatic rings. The smallest absolute Gasteiger partial charge is 0.326 e. The maximum absolute atomic E-state index is 12.9. The second-order valence-corrected chi connectivity index (χ2v) is 8.49. The fourth-order valence-electron chi connectivity index (χ4n) is 4.03. The SMILES string of the molecule is COc1cc(/C=C2\Oc3cc(OCC(=O)N[C@H](Cc4ccccc4)C(=O)O)ccc3C2=O)cc(OC)c1OC. The highest BCUT2D eigenvalue weighted by Crippen LogP contribution is 2.40. The van der Waals surface area contributed by atoms with E-state index in [1.807, 2.05) is 6.07 Å². The van der Waals surface area contributed by atoms with Crippen molar-refractivity contribution >= 4 is 23.7 Å². The van der Waals surface area contributed by atoms with Gasteiger partial charge in [0, 0.05) is 12.5 Å². The van der Waals surface area contributed by atoms with Gasteiger partial charge in [0.05, 0.1) is 26.9 Å². The standard InChI is InChI=1S/C29H27NO9/c1-35-24-13-18(14-25(36-2)28(24)37-3)12-23-27(32)20-10-9-19(15-22(20)39-23)38-16-26(31)30-21(29(33)34)11-17-7-5-4-6-8-17/h4-10,12-15,21H,11,16H2,1-3H3,(H,30,31)(H,33,34)/b23-12-/t21-/m1/s1. The molecule has 2 N–H and O–H groups in total. The Morgan fingerprint density at radius 3 is 2.28 bits per heavy atom. The van der Waals surface area contributed by atoms with Crippen LogP contribution in [0.1, 0.15) is 21.5 Å². The Bertz CT molecular complexity index is 1390. The minimum absolute atomic E-state index is 0.0828. The number of ether oxygens (including phenoxy) is 5. The van der Waals surface area contributed by atoms with Crippen LogP contribution in [0.15, 0.2) is 66.4 Å². The lowest BCUT2D eigenvalue weighted by Gasteiger charge is -2.15. The van der Waals surface area contributed by atoms with Gasteiger partial charge in [-0.05, 0) is 41.5 Å². The Morgan fingerprint density at radius 2 is 1.67 bits per heavy atom. The summed E-state index contributed by atoms with van der Waals surface area (Å²) >= 11 is 0. The molecule has 1 aliphatic heterocycles. The third kappa shape index (κ3) is 6.30. The summed E-state index contributed by atoms with van der Waals surface area (Å²) in [4.78, 5) is 36.9. The van der Waals surface area contributed by atoms with Gasteiger partial charge in [-0.3, -0.25) is 9.59 Å². The molecular formula is C29H27NO9. The van der Waals surface area contributed by atoms with Crippen LogP contribution in [0.5, 0.6) is 28.7 Å². The number of benzene rings is 3. The summed E-state index contributed by atoms with van der Waals surface area (Å²) in [5, 5.41) is 12.0. The topological polar surface area (TPSA) is 130 Å². The van der Waals surface area contributed by atoms with Crippen LogP contribution < -0.4 is 29.0 Å². The van der Waals surface area contributed by atoms with Crippen LogP contribution in [0.25, 0.3) is 6.08 Å². The first-order valence-corrected chi connectivity index (χ1v) is 11.9. The molecule has 1 heterocycles. The predicted molar refractivity (Wildman–Crippen MR) is 141 cm³/mol. The zero-order chi connectivity index (χ0) is 27.9. The van der Waals surface area contributed by atoms with Gasteiger partial charge >= 0.3 is 5.97 Å². The van der Waals surface area contributed by atoms with E-state index in [1.54, 1.807) is 42.5 Å². The van der Waals surface area contributed by atoms with Gasteiger partial charge in [0.15, 0.2) is 23.9 Å². The van der Waals surface area contributed by atoms with Crippen LogP contribution in [-0.2, 0) is 16.0 Å². The van der Waals surface area contributed by atoms with Crippen molar-refractivity contribution in [3.05, 3.63) is 83.1 Å². The van der Waals surface area contributed by atoms with Gasteiger partial charge < -0.3 is 34.1 Å². The molecule has 0 fully saturated rings. The van der Waals surface area contributed by atoms with E-state index in [2.05, 4.69) is 5.32 Å². The first-order chi connectivity index (χ1) is 18.8. The summed E-state index contributed by atoms with van der Waals surface area (Å²) in [6.45, 7) is -0.417. The third-order valence-corrected chi connectivity index (χ3v) is 5.91. The first-order valence-electron chi connectivity index (χ1n) is 11.9. The van der Waals surface area contributed by atoms with Crippen molar-refractivity contribution in [3.8, 4) is 28.7 Å². The summed E-state index contributed by atoms with van der Waals surface area (Å²) in [6.07, 6.45) is 1.69. The Balaban J connectivity index is 1.42. The van der Waals surface area contributed by atoms with E-state index in [0.717, 1.165) is 5.56 Å². The molecule has 0 aromatic heterocycles. The Morgan fingerprint density at radius 1 is 0.974 bits per heavy atom. The molecule has 39 heavy (non-hydrogen) atoms. The third-order valence-electron chi connectivity index (χ3n) is 5.91. The average Bonchev–Trinajstić information content (AvgIpc) is 3.25. The first kappa shape index (κ1) is 27.1. The number of fused-ring (bicyclic) bond motifs is 1. The number of carboxylic acid groups (broad SMARTS) is 1. The van der Waals surface area contributed by atoms with Gasteiger partial charge in [-0.2, -0.15) is 0 Å². The van der Waals surface area contributed by atoms with Gasteiger partial charge in [0.25, 0.3) is 5.91 Å². The van der Waals surface area contributed by atoms with Gasteiger partial charge in [0.1, 0.15) is 17.5 Å². The van der Waals surface area contributed by atoms with E-state index in [0.29, 0.717) is 28.4 Å². The summed E-state index contributed by atoms with van der Waals surface area (Å²) in [6, 6.07) is 15.8. The number of carboxylic acids is 1. The molecule has 202 valence electrons. The molecule has 0 unspecified atom stereocenters. The minimum Gasteiger partial charge on any atom is -0.493 e. The second-order valence-electron chi connectivity index (χ2n) is 8.49. The van der Waals surface area contributed by atoms with Gasteiger partial charge in [-0.1, -0.05) is 30.3 Å². The van der Waals surface area contributed by atoms with Gasteiger partial charge in [-0.25, -0.2) is 4.79 Å². The monoisotopic (exact) mass is 533 g/mol. The molecule has 0 bridgehead atoms. The van der Waals surface area contributed by atoms with E-state index < -0.39 is 24.5 Å². The van der Waals surface area contributed by atoms with E-state index in [9.17, 15) is 19.5 Å². The van der Waals surface area contributed by atoms with Crippen molar-refractivity contribution in [2.24, 2.45) is 0 Å². The number of carbonyl (C=O) groups excluding carboxylic acids is 2. The highest BCUT2D eigenvalue weighted by Gasteiger charge is 2.28. The Kier molecular flexibility index (Phi) is 8.35. The quantitative estimate of drug-likeness (QED) is 0.356. The average molecular weight is 534 g/mol. The fourth-order valence-corrected chi connectivity index (χ4v) is 4.03.